The maximum Gasteiger partial charge on any atom is 0.281 e. The van der Waals surface area contributed by atoms with E-state index in [4.69, 9.17) is 9.47 Å². The van der Waals surface area contributed by atoms with Crippen molar-refractivity contribution in [3.05, 3.63) is 78.5 Å². The van der Waals surface area contributed by atoms with Crippen molar-refractivity contribution in [2.24, 2.45) is 0 Å². The van der Waals surface area contributed by atoms with Gasteiger partial charge in [-0.25, -0.2) is 9.97 Å². The van der Waals surface area contributed by atoms with Crippen LogP contribution in [0.5, 0.6) is 16.7 Å². The Hall–Kier alpha value is -3.00. The van der Waals surface area contributed by atoms with Gasteiger partial charge in [-0.1, -0.05) is 41.7 Å². The molecule has 1 aliphatic rings. The summed E-state index contributed by atoms with van der Waals surface area (Å²) < 4.78 is 11.8. The highest BCUT2D eigenvalue weighted by Crippen LogP contribution is 2.33. The largest absolute Gasteiger partial charge is 0.492 e. The third-order valence-electron chi connectivity index (χ3n) is 5.85. The van der Waals surface area contributed by atoms with Gasteiger partial charge in [0.15, 0.2) is 0 Å². The van der Waals surface area contributed by atoms with Crippen LogP contribution in [0, 0.1) is 0 Å². The third-order valence-corrected chi connectivity index (χ3v) is 6.70. The molecule has 164 valence electrons. The second-order valence-corrected chi connectivity index (χ2v) is 8.91. The fourth-order valence-corrected chi connectivity index (χ4v) is 4.75. The van der Waals surface area contributed by atoms with Gasteiger partial charge in [0.05, 0.1) is 5.60 Å². The Morgan fingerprint density at radius 1 is 0.938 bits per heavy atom. The molecule has 32 heavy (non-hydrogen) atoms. The molecule has 2 aromatic heterocycles. The lowest BCUT2D eigenvalue weighted by atomic mass is 9.84. The molecule has 3 heterocycles. The number of rotatable bonds is 7. The summed E-state index contributed by atoms with van der Waals surface area (Å²) in [6.07, 6.45) is 3.23. The molecule has 1 saturated heterocycles. The predicted molar refractivity (Wildman–Crippen MR) is 125 cm³/mol. The summed E-state index contributed by atoms with van der Waals surface area (Å²) in [5.74, 6) is 1.52. The first-order valence-electron chi connectivity index (χ1n) is 10.8. The van der Waals surface area contributed by atoms with Crippen LogP contribution in [-0.4, -0.2) is 46.2 Å². The van der Waals surface area contributed by atoms with Crippen LogP contribution in [0.25, 0.3) is 10.3 Å². The summed E-state index contributed by atoms with van der Waals surface area (Å²) in [4.78, 5) is 11.9. The van der Waals surface area contributed by atoms with E-state index in [9.17, 15) is 5.11 Å². The molecule has 2 aromatic carbocycles. The first-order valence-corrected chi connectivity index (χ1v) is 11.6. The number of ether oxygens (including phenoxy) is 2. The van der Waals surface area contributed by atoms with E-state index >= 15 is 0 Å². The zero-order chi connectivity index (χ0) is 21.8. The molecule has 0 saturated carbocycles. The summed E-state index contributed by atoms with van der Waals surface area (Å²) >= 11 is 1.43. The molecule has 0 bridgehead atoms. The van der Waals surface area contributed by atoms with Gasteiger partial charge >= 0.3 is 0 Å². The Morgan fingerprint density at radius 3 is 2.44 bits per heavy atom. The number of nitrogens with zero attached hydrogens (tertiary/aromatic N) is 3. The first-order chi connectivity index (χ1) is 15.7. The topological polar surface area (TPSA) is 67.7 Å². The molecular formula is C25H25N3O3S. The highest BCUT2D eigenvalue weighted by Gasteiger charge is 2.33. The van der Waals surface area contributed by atoms with E-state index in [1.54, 1.807) is 6.20 Å². The van der Waals surface area contributed by atoms with Gasteiger partial charge in [-0.2, -0.15) is 0 Å². The number of piperidine rings is 1. The van der Waals surface area contributed by atoms with Crippen molar-refractivity contribution in [3.8, 4) is 16.7 Å². The molecule has 0 aliphatic carbocycles. The normalized spacial score (nSPS) is 16.2. The lowest BCUT2D eigenvalue weighted by Crippen LogP contribution is -2.43. The van der Waals surface area contributed by atoms with Crippen LogP contribution in [0.4, 0.5) is 0 Å². The second kappa shape index (κ2) is 9.24. The number of likely N-dealkylation sites (tertiary alicyclic amines) is 1. The number of hydrogen-bond acceptors (Lipinski definition) is 7. The van der Waals surface area contributed by atoms with E-state index in [0.29, 0.717) is 17.6 Å². The Bertz CT molecular complexity index is 1120. The average Bonchev–Trinajstić information content (AvgIpc) is 3.24. The van der Waals surface area contributed by atoms with E-state index in [1.807, 2.05) is 66.7 Å². The summed E-state index contributed by atoms with van der Waals surface area (Å²) in [5, 5.41) is 11.5. The van der Waals surface area contributed by atoms with Crippen molar-refractivity contribution >= 4 is 21.7 Å². The molecule has 0 unspecified atom stereocenters. The number of thiazole rings is 1. The number of aromatic nitrogens is 2. The fraction of sp³-hybridized carbons (Fsp3) is 0.280. The lowest BCUT2D eigenvalue weighted by Gasteiger charge is -2.38. The van der Waals surface area contributed by atoms with Crippen LogP contribution in [0.15, 0.2) is 72.9 Å². The van der Waals surface area contributed by atoms with E-state index < -0.39 is 5.60 Å². The van der Waals surface area contributed by atoms with Crippen LogP contribution in [0.2, 0.25) is 0 Å². The zero-order valence-electron chi connectivity index (χ0n) is 17.7. The van der Waals surface area contributed by atoms with Crippen LogP contribution in [0.3, 0.4) is 0 Å². The molecule has 1 fully saturated rings. The summed E-state index contributed by atoms with van der Waals surface area (Å²) in [6.45, 7) is 3.16. The summed E-state index contributed by atoms with van der Waals surface area (Å²) in [5.41, 5.74) is 1.14. The molecule has 6 nitrogen and oxygen atoms in total. The van der Waals surface area contributed by atoms with Crippen molar-refractivity contribution in [2.45, 2.75) is 18.4 Å². The van der Waals surface area contributed by atoms with Gasteiger partial charge in [-0.05, 0) is 54.8 Å². The summed E-state index contributed by atoms with van der Waals surface area (Å²) in [6, 6.07) is 21.4. The SMILES string of the molecule is OC1(c2ccccc2)CCN(CCOc2ccc(Oc3nc4cccnc4s3)cc2)CC1. The zero-order valence-corrected chi connectivity index (χ0v) is 18.5. The molecule has 7 heteroatoms. The minimum absolute atomic E-state index is 0.577. The van der Waals surface area contributed by atoms with Crippen molar-refractivity contribution in [3.63, 3.8) is 0 Å². The maximum atomic E-state index is 11.0. The van der Waals surface area contributed by atoms with Gasteiger partial charge in [0.25, 0.3) is 5.19 Å². The monoisotopic (exact) mass is 447 g/mol. The number of pyridine rings is 1. The molecule has 5 rings (SSSR count). The van der Waals surface area contributed by atoms with Crippen LogP contribution < -0.4 is 9.47 Å². The van der Waals surface area contributed by atoms with Gasteiger partial charge in [-0.3, -0.25) is 4.90 Å². The average molecular weight is 448 g/mol. The number of aliphatic hydroxyl groups is 1. The van der Waals surface area contributed by atoms with Gasteiger partial charge in [0.2, 0.25) is 0 Å². The highest BCUT2D eigenvalue weighted by atomic mass is 32.1. The van der Waals surface area contributed by atoms with Crippen molar-refractivity contribution in [1.82, 2.24) is 14.9 Å². The molecule has 0 amide bonds. The van der Waals surface area contributed by atoms with Gasteiger partial charge < -0.3 is 14.6 Å². The highest BCUT2D eigenvalue weighted by molar-refractivity contribution is 7.19. The lowest BCUT2D eigenvalue weighted by molar-refractivity contribution is -0.0278. The van der Waals surface area contributed by atoms with E-state index in [0.717, 1.165) is 54.1 Å². The molecule has 1 N–H and O–H groups in total. The van der Waals surface area contributed by atoms with Crippen LogP contribution in [-0.2, 0) is 5.60 Å². The number of fused-ring (bicyclic) bond motifs is 1. The quantitative estimate of drug-likeness (QED) is 0.437. The predicted octanol–water partition coefficient (Wildman–Crippen LogP) is 4.85. The molecule has 0 atom stereocenters. The Labute approximate surface area is 191 Å². The number of hydrogen-bond donors (Lipinski definition) is 1. The van der Waals surface area contributed by atoms with Gasteiger partial charge in [0.1, 0.15) is 28.5 Å². The van der Waals surface area contributed by atoms with E-state index in [1.165, 1.54) is 11.3 Å². The second-order valence-electron chi connectivity index (χ2n) is 7.97. The third kappa shape index (κ3) is 4.75. The number of benzene rings is 2. The smallest absolute Gasteiger partial charge is 0.281 e. The van der Waals surface area contributed by atoms with Crippen molar-refractivity contribution in [2.75, 3.05) is 26.2 Å². The molecular weight excluding hydrogens is 422 g/mol. The summed E-state index contributed by atoms with van der Waals surface area (Å²) in [7, 11) is 0. The fourth-order valence-electron chi connectivity index (χ4n) is 3.97. The van der Waals surface area contributed by atoms with E-state index in [-0.39, 0.29) is 0 Å². The standard InChI is InChI=1S/C25H25N3O3S/c29-25(19-5-2-1-3-6-19)12-15-28(16-13-25)17-18-30-20-8-10-21(11-9-20)31-24-27-22-7-4-14-26-23(22)32-24/h1-11,14,29H,12-13,15-18H2. The molecule has 4 aromatic rings. The molecule has 0 radical (unpaired) electrons. The Kier molecular flexibility index (Phi) is 6.03. The minimum atomic E-state index is -0.715. The van der Waals surface area contributed by atoms with Gasteiger partial charge in [0, 0.05) is 25.8 Å². The Balaban J connectivity index is 1.08. The van der Waals surface area contributed by atoms with E-state index in [2.05, 4.69) is 14.9 Å². The maximum absolute atomic E-state index is 11.0. The molecule has 1 aliphatic heterocycles. The van der Waals surface area contributed by atoms with Crippen molar-refractivity contribution < 1.29 is 14.6 Å². The van der Waals surface area contributed by atoms with Crippen LogP contribution >= 0.6 is 11.3 Å². The minimum Gasteiger partial charge on any atom is -0.492 e. The Morgan fingerprint density at radius 2 is 1.69 bits per heavy atom. The van der Waals surface area contributed by atoms with Gasteiger partial charge in [-0.15, -0.1) is 0 Å². The van der Waals surface area contributed by atoms with Crippen molar-refractivity contribution in [1.29, 1.82) is 0 Å². The molecule has 0 spiro atoms. The first kappa shape index (κ1) is 20.9. The van der Waals surface area contributed by atoms with Crippen LogP contribution in [0.1, 0.15) is 18.4 Å².